The Hall–Kier alpha value is -9.38. The lowest BCUT2D eigenvalue weighted by Crippen LogP contribution is -2.53. The smallest absolute Gasteiger partial charge is 0.257 e. The lowest BCUT2D eigenvalue weighted by molar-refractivity contribution is -0.137. The van der Waals surface area contributed by atoms with Crippen LogP contribution in [0.15, 0.2) is 138 Å². The monoisotopic (exact) mass is 1270 g/mol. The van der Waals surface area contributed by atoms with E-state index in [0.717, 1.165) is 49.1 Å². The number of sulfonamides is 1. The van der Waals surface area contributed by atoms with Crippen LogP contribution in [0.3, 0.4) is 0 Å². The van der Waals surface area contributed by atoms with E-state index in [9.17, 15) is 46.8 Å². The Labute approximate surface area is 532 Å². The topological polar surface area (TPSA) is 268 Å². The molecule has 10 rings (SSSR count). The molecule has 4 aliphatic rings. The first kappa shape index (κ1) is 64.6. The van der Waals surface area contributed by atoms with Crippen molar-refractivity contribution in [1.29, 1.82) is 0 Å². The standard InChI is InChI=1S/C68H71ClN8O13S/c1-40(2)64(74-59(78)16-7-6-10-28-76-60(79)25-26-61(76)80)67(84)71-41(3)65(82)72-48-21-17-42(18-22-48)38-89-56-35-54-63(51-15-9-8-14-50(51)56)47(36-69)37-77(54)62(81)31-43-12-11-13-44(30-43)39-90-58-34-53-52(33-57(58)88-5)68(85)75-29-27-46(32-55(75)66(83)73-53)45-19-23-49(24-20-45)91(86,87)70-4/h8-9,11-15,17-27,30,33-35,40-41,47,55,64,70H,6-7,10,16,28-29,31-32,36-39H2,1-5H3,(H,71,84)(H,72,82)(H,73,83)(H,74,78)/t41-,47+,55-,64?/m0/s1. The summed E-state index contributed by atoms with van der Waals surface area (Å²) in [6.07, 6.45) is 6.41. The summed E-state index contributed by atoms with van der Waals surface area (Å²) < 4.78 is 45.5. The summed E-state index contributed by atoms with van der Waals surface area (Å²) in [5.74, 6) is -1.92. The van der Waals surface area contributed by atoms with Gasteiger partial charge in [-0.05, 0) is 102 Å². The van der Waals surface area contributed by atoms with E-state index in [0.29, 0.717) is 42.9 Å². The van der Waals surface area contributed by atoms with E-state index in [1.54, 1.807) is 62.1 Å². The molecule has 6 aromatic rings. The minimum atomic E-state index is -3.64. The van der Waals surface area contributed by atoms with Gasteiger partial charge in [-0.25, -0.2) is 13.1 Å². The van der Waals surface area contributed by atoms with Crippen molar-refractivity contribution >= 4 is 102 Å². The fourth-order valence-electron chi connectivity index (χ4n) is 11.7. The molecule has 0 spiro atoms. The minimum absolute atomic E-state index is 0.0570. The first-order chi connectivity index (χ1) is 43.7. The number of hydrogen-bond donors (Lipinski definition) is 5. The predicted octanol–water partition coefficient (Wildman–Crippen LogP) is 8.15. The van der Waals surface area contributed by atoms with Crippen molar-refractivity contribution in [3.63, 3.8) is 0 Å². The number of nitrogens with one attached hydrogen (secondary N) is 5. The number of unbranched alkanes of at least 4 members (excludes halogenated alkanes) is 2. The molecule has 0 saturated heterocycles. The van der Waals surface area contributed by atoms with Gasteiger partial charge in [0, 0.05) is 79.6 Å². The van der Waals surface area contributed by atoms with Gasteiger partial charge in [0.2, 0.25) is 39.6 Å². The number of ether oxygens (including phenoxy) is 3. The van der Waals surface area contributed by atoms with E-state index >= 15 is 0 Å². The summed E-state index contributed by atoms with van der Waals surface area (Å²) >= 11 is 6.65. The van der Waals surface area contributed by atoms with Gasteiger partial charge in [0.1, 0.15) is 37.1 Å². The number of amides is 8. The highest BCUT2D eigenvalue weighted by Gasteiger charge is 2.39. The second kappa shape index (κ2) is 28.2. The van der Waals surface area contributed by atoms with E-state index in [1.807, 2.05) is 72.8 Å². The van der Waals surface area contributed by atoms with Crippen LogP contribution in [0, 0.1) is 5.92 Å². The number of nitrogens with zero attached hydrogens (tertiary/aromatic N) is 3. The molecule has 6 aromatic carbocycles. The zero-order valence-corrected chi connectivity index (χ0v) is 52.6. The quantitative estimate of drug-likeness (QED) is 0.0206. The van der Waals surface area contributed by atoms with E-state index in [4.69, 9.17) is 25.8 Å². The van der Waals surface area contributed by atoms with Crippen LogP contribution in [-0.2, 0) is 63.2 Å². The van der Waals surface area contributed by atoms with Crippen molar-refractivity contribution in [2.24, 2.45) is 5.92 Å². The Morgan fingerprint density at radius 3 is 2.15 bits per heavy atom. The molecule has 0 fully saturated rings. The molecule has 5 N–H and O–H groups in total. The lowest BCUT2D eigenvalue weighted by Gasteiger charge is -2.32. The maximum absolute atomic E-state index is 14.5. The number of methoxy groups -OCH3 is 1. The largest absolute Gasteiger partial charge is 0.493 e. The van der Waals surface area contributed by atoms with Crippen molar-refractivity contribution < 1.29 is 61.0 Å². The van der Waals surface area contributed by atoms with Crippen molar-refractivity contribution in [2.45, 2.75) is 101 Å². The molecule has 21 nitrogen and oxygen atoms in total. The van der Waals surface area contributed by atoms with Gasteiger partial charge in [0.15, 0.2) is 11.5 Å². The van der Waals surface area contributed by atoms with Crippen LogP contribution >= 0.6 is 11.6 Å². The summed E-state index contributed by atoms with van der Waals surface area (Å²) in [7, 11) is -0.839. The highest BCUT2D eigenvalue weighted by atomic mass is 35.5. The van der Waals surface area contributed by atoms with Gasteiger partial charge in [-0.1, -0.05) is 99.1 Å². The normalized spacial score (nSPS) is 16.7. The Balaban J connectivity index is 0.738. The van der Waals surface area contributed by atoms with E-state index in [1.165, 1.54) is 43.3 Å². The Bertz CT molecular complexity index is 4010. The average molecular weight is 1280 g/mol. The van der Waals surface area contributed by atoms with Gasteiger partial charge in [-0.2, -0.15) is 0 Å². The molecule has 0 aromatic heterocycles. The third-order valence-corrected chi connectivity index (χ3v) is 18.5. The molecule has 1 unspecified atom stereocenters. The van der Waals surface area contributed by atoms with Crippen LogP contribution in [0.4, 0.5) is 17.1 Å². The summed E-state index contributed by atoms with van der Waals surface area (Å²) in [5.41, 5.74) is 6.45. The second-order valence-electron chi connectivity index (χ2n) is 23.1. The van der Waals surface area contributed by atoms with Crippen LogP contribution in [-0.4, -0.2) is 123 Å². The van der Waals surface area contributed by atoms with Gasteiger partial charge >= 0.3 is 0 Å². The van der Waals surface area contributed by atoms with E-state index in [2.05, 4.69) is 26.0 Å². The van der Waals surface area contributed by atoms with Gasteiger partial charge in [0.05, 0.1) is 35.4 Å². The molecule has 4 aliphatic heterocycles. The molecule has 4 heterocycles. The maximum atomic E-state index is 14.5. The number of rotatable bonds is 25. The van der Waals surface area contributed by atoms with Crippen LogP contribution in [0.2, 0.25) is 0 Å². The van der Waals surface area contributed by atoms with Crippen LogP contribution in [0.1, 0.15) is 97.0 Å². The zero-order chi connectivity index (χ0) is 64.7. The van der Waals surface area contributed by atoms with Crippen LogP contribution in [0.5, 0.6) is 17.2 Å². The number of anilines is 3. The van der Waals surface area contributed by atoms with Crippen molar-refractivity contribution in [1.82, 2.24) is 25.2 Å². The summed E-state index contributed by atoms with van der Waals surface area (Å²) in [4.78, 5) is 110. The van der Waals surface area contributed by atoms with Crippen LogP contribution in [0.25, 0.3) is 16.3 Å². The molecule has 91 heavy (non-hydrogen) atoms. The molecule has 0 aliphatic carbocycles. The SMILES string of the molecule is CNS(=O)(=O)c1ccc(C2=CCN3C(=O)c4cc(OC)c(OCc5cccc(CC(=O)N6C[C@@H](CCl)c7c6cc(OCc6ccc(NC(=O)[C@H](C)NC(=O)C(NC(=O)CCCCCN8C(=O)C=CC8=O)C(C)C)cc6)c6ccccc76)c5)cc4NC(=O)[C@@H]3C2)cc1. The fraction of sp³-hybridized carbons (Fsp3) is 0.324. The highest BCUT2D eigenvalue weighted by molar-refractivity contribution is 7.89. The first-order valence-corrected chi connectivity index (χ1v) is 32.1. The lowest BCUT2D eigenvalue weighted by atomic mass is 9.93. The van der Waals surface area contributed by atoms with Gasteiger partial charge in [-0.15, -0.1) is 11.6 Å². The number of benzene rings is 6. The maximum Gasteiger partial charge on any atom is 0.257 e. The Morgan fingerprint density at radius 1 is 0.747 bits per heavy atom. The molecular weight excluding hydrogens is 1200 g/mol. The molecule has 0 radical (unpaired) electrons. The zero-order valence-electron chi connectivity index (χ0n) is 51.0. The van der Waals surface area contributed by atoms with E-state index in [-0.39, 0.29) is 126 Å². The Morgan fingerprint density at radius 2 is 1.45 bits per heavy atom. The Kier molecular flexibility index (Phi) is 20.0. The number of carbonyl (C=O) groups excluding carboxylic acids is 8. The molecule has 474 valence electrons. The molecule has 4 atom stereocenters. The predicted molar refractivity (Wildman–Crippen MR) is 344 cm³/mol. The number of halogens is 1. The number of carbonyl (C=O) groups is 8. The van der Waals surface area contributed by atoms with Crippen LogP contribution < -0.4 is 45.1 Å². The molecular formula is C68H71ClN8O13S. The highest BCUT2D eigenvalue weighted by Crippen LogP contribution is 2.46. The minimum Gasteiger partial charge on any atom is -0.493 e. The van der Waals surface area contributed by atoms with Crippen molar-refractivity contribution in [2.75, 3.05) is 55.2 Å². The number of hydrogen-bond acceptors (Lipinski definition) is 13. The average Bonchev–Trinajstić information content (AvgIpc) is 1.66. The number of imide groups is 1. The molecule has 8 amide bonds. The van der Waals surface area contributed by atoms with Gasteiger partial charge in [0.25, 0.3) is 17.7 Å². The van der Waals surface area contributed by atoms with Crippen molar-refractivity contribution in [3.8, 4) is 17.2 Å². The molecule has 0 saturated carbocycles. The number of fused-ring (bicyclic) bond motifs is 5. The summed E-state index contributed by atoms with van der Waals surface area (Å²) in [6.45, 7) is 6.14. The summed E-state index contributed by atoms with van der Waals surface area (Å²) in [5, 5.41) is 13.1. The second-order valence-corrected chi connectivity index (χ2v) is 25.3. The fourth-order valence-corrected chi connectivity index (χ4v) is 12.6. The third-order valence-electron chi connectivity index (χ3n) is 16.7. The van der Waals surface area contributed by atoms with Crippen molar-refractivity contribution in [3.05, 3.63) is 167 Å². The van der Waals surface area contributed by atoms with Gasteiger partial charge in [-0.3, -0.25) is 43.3 Å². The van der Waals surface area contributed by atoms with Gasteiger partial charge < -0.3 is 45.3 Å². The van der Waals surface area contributed by atoms with E-state index < -0.39 is 40.0 Å². The first-order valence-electron chi connectivity index (χ1n) is 30.1. The molecule has 23 heteroatoms. The molecule has 0 bridgehead atoms. The summed E-state index contributed by atoms with van der Waals surface area (Å²) in [6, 6.07) is 31.1. The number of alkyl halides is 1. The third kappa shape index (κ3) is 14.6.